The first-order chi connectivity index (χ1) is 12.9. The molecule has 144 valence electrons. The summed E-state index contributed by atoms with van der Waals surface area (Å²) in [5.41, 5.74) is 6.36. The molecule has 3 heterocycles. The molecular weight excluding hydrogens is 382 g/mol. The van der Waals surface area contributed by atoms with Crippen molar-refractivity contribution in [3.8, 4) is 10.6 Å². The van der Waals surface area contributed by atoms with Gasteiger partial charge >= 0.3 is 6.03 Å². The van der Waals surface area contributed by atoms with Gasteiger partial charge in [-0.2, -0.15) is 0 Å². The Morgan fingerprint density at radius 3 is 2.78 bits per heavy atom. The van der Waals surface area contributed by atoms with E-state index in [9.17, 15) is 9.59 Å². The Balaban J connectivity index is 1.51. The quantitative estimate of drug-likeness (QED) is 0.809. The highest BCUT2D eigenvalue weighted by Crippen LogP contribution is 2.41. The number of likely N-dealkylation sites (tertiary alicyclic amines) is 1. The minimum Gasteiger partial charge on any atom is -0.368 e. The number of thiazole rings is 2. The third-order valence-electron chi connectivity index (χ3n) is 5.64. The SMILES string of the molecule is Cc1nc(NC(=O)N2CCC[C@@]2(C)C(N)=O)sc1-c1csc(C2CCC2)n1. The Kier molecular flexibility index (Phi) is 4.67. The third-order valence-corrected chi connectivity index (χ3v) is 7.74. The van der Waals surface area contributed by atoms with Crippen molar-refractivity contribution in [3.05, 3.63) is 16.1 Å². The van der Waals surface area contributed by atoms with Gasteiger partial charge in [0.2, 0.25) is 5.91 Å². The van der Waals surface area contributed by atoms with Crippen LogP contribution in [0.5, 0.6) is 0 Å². The highest BCUT2D eigenvalue weighted by molar-refractivity contribution is 7.19. The van der Waals surface area contributed by atoms with Crippen LogP contribution in [0.4, 0.5) is 9.93 Å². The third kappa shape index (κ3) is 3.23. The van der Waals surface area contributed by atoms with Crippen LogP contribution in [0.3, 0.4) is 0 Å². The summed E-state index contributed by atoms with van der Waals surface area (Å²) in [5.74, 6) is 0.134. The van der Waals surface area contributed by atoms with Crippen molar-refractivity contribution in [3.63, 3.8) is 0 Å². The van der Waals surface area contributed by atoms with Gasteiger partial charge < -0.3 is 10.6 Å². The maximum absolute atomic E-state index is 12.7. The van der Waals surface area contributed by atoms with Gasteiger partial charge in [-0.05, 0) is 39.5 Å². The van der Waals surface area contributed by atoms with Crippen molar-refractivity contribution in [2.75, 3.05) is 11.9 Å². The van der Waals surface area contributed by atoms with E-state index in [1.54, 1.807) is 18.3 Å². The Hall–Kier alpha value is -2.00. The zero-order valence-electron chi connectivity index (χ0n) is 15.4. The summed E-state index contributed by atoms with van der Waals surface area (Å²) >= 11 is 3.12. The van der Waals surface area contributed by atoms with Crippen molar-refractivity contribution in [1.29, 1.82) is 0 Å². The molecule has 4 rings (SSSR count). The standard InChI is InChI=1S/C18H23N5O2S2/c1-10-13(12-9-26-14(21-12)11-5-3-6-11)27-16(20-10)22-17(25)23-8-4-7-18(23,2)15(19)24/h9,11H,3-8H2,1-2H3,(H2,19,24)(H,20,22,25)/t18-/m0/s1. The van der Waals surface area contributed by atoms with Gasteiger partial charge in [0.15, 0.2) is 5.13 Å². The van der Waals surface area contributed by atoms with Gasteiger partial charge in [0.1, 0.15) is 5.54 Å². The lowest BCUT2D eigenvalue weighted by molar-refractivity contribution is -0.126. The zero-order chi connectivity index (χ0) is 19.2. The van der Waals surface area contributed by atoms with Crippen molar-refractivity contribution in [1.82, 2.24) is 14.9 Å². The van der Waals surface area contributed by atoms with E-state index in [0.717, 1.165) is 22.7 Å². The van der Waals surface area contributed by atoms with Gasteiger partial charge in [-0.3, -0.25) is 10.1 Å². The second kappa shape index (κ2) is 6.87. The van der Waals surface area contributed by atoms with Crippen LogP contribution in [-0.2, 0) is 4.79 Å². The number of hydrogen-bond donors (Lipinski definition) is 2. The number of urea groups is 1. The monoisotopic (exact) mass is 405 g/mol. The summed E-state index contributed by atoms with van der Waals surface area (Å²) in [4.78, 5) is 36.3. The molecule has 3 N–H and O–H groups in total. The van der Waals surface area contributed by atoms with Crippen LogP contribution < -0.4 is 11.1 Å². The molecule has 0 radical (unpaired) electrons. The predicted molar refractivity (Wildman–Crippen MR) is 107 cm³/mol. The largest absolute Gasteiger partial charge is 0.368 e. The van der Waals surface area contributed by atoms with E-state index in [-0.39, 0.29) is 6.03 Å². The number of nitrogens with two attached hydrogens (primary N) is 1. The maximum atomic E-state index is 12.7. The van der Waals surface area contributed by atoms with Crippen LogP contribution in [0.25, 0.3) is 10.6 Å². The number of hydrogen-bond acceptors (Lipinski definition) is 6. The maximum Gasteiger partial charge on any atom is 0.324 e. The number of primary amides is 1. The lowest BCUT2D eigenvalue weighted by Crippen LogP contribution is -2.55. The van der Waals surface area contributed by atoms with E-state index in [0.29, 0.717) is 24.0 Å². The zero-order valence-corrected chi connectivity index (χ0v) is 17.1. The number of nitrogens with one attached hydrogen (secondary N) is 1. The Morgan fingerprint density at radius 2 is 2.11 bits per heavy atom. The van der Waals surface area contributed by atoms with E-state index < -0.39 is 11.4 Å². The summed E-state index contributed by atoms with van der Waals surface area (Å²) in [6.07, 6.45) is 5.09. The molecule has 9 heteroatoms. The van der Waals surface area contributed by atoms with Crippen molar-refractivity contribution >= 4 is 39.7 Å². The lowest BCUT2D eigenvalue weighted by Gasteiger charge is -2.31. The van der Waals surface area contributed by atoms with Crippen LogP contribution in [0.1, 0.15) is 55.6 Å². The van der Waals surface area contributed by atoms with Gasteiger partial charge in [-0.15, -0.1) is 11.3 Å². The molecular formula is C18H23N5O2S2. The fraction of sp³-hybridized carbons (Fsp3) is 0.556. The smallest absolute Gasteiger partial charge is 0.324 e. The summed E-state index contributed by atoms with van der Waals surface area (Å²) in [6, 6.07) is -0.331. The number of anilines is 1. The lowest BCUT2D eigenvalue weighted by atomic mass is 9.86. The summed E-state index contributed by atoms with van der Waals surface area (Å²) < 4.78 is 0. The molecule has 2 fully saturated rings. The molecule has 2 aliphatic rings. The minimum absolute atomic E-state index is 0.331. The minimum atomic E-state index is -0.939. The topological polar surface area (TPSA) is 101 Å². The molecule has 1 saturated carbocycles. The van der Waals surface area contributed by atoms with E-state index in [4.69, 9.17) is 10.7 Å². The molecule has 0 bridgehead atoms. The van der Waals surface area contributed by atoms with Crippen LogP contribution in [-0.4, -0.2) is 38.9 Å². The molecule has 1 aliphatic heterocycles. The Morgan fingerprint density at radius 1 is 1.33 bits per heavy atom. The number of aromatic nitrogens is 2. The highest BCUT2D eigenvalue weighted by atomic mass is 32.1. The predicted octanol–water partition coefficient (Wildman–Crippen LogP) is 3.71. The number of aryl methyl sites for hydroxylation is 1. The van der Waals surface area contributed by atoms with E-state index >= 15 is 0 Å². The van der Waals surface area contributed by atoms with Crippen LogP contribution in [0.15, 0.2) is 5.38 Å². The number of carbonyl (C=O) groups is 2. The second-order valence-electron chi connectivity index (χ2n) is 7.46. The van der Waals surface area contributed by atoms with Crippen molar-refractivity contribution in [2.24, 2.45) is 5.73 Å². The molecule has 0 aromatic carbocycles. The average molecular weight is 406 g/mol. The molecule has 27 heavy (non-hydrogen) atoms. The van der Waals surface area contributed by atoms with E-state index in [1.807, 2.05) is 6.92 Å². The van der Waals surface area contributed by atoms with E-state index in [1.165, 1.54) is 40.5 Å². The molecule has 1 atom stereocenters. The Labute approximate surface area is 166 Å². The fourth-order valence-electron chi connectivity index (χ4n) is 3.63. The summed E-state index contributed by atoms with van der Waals surface area (Å²) in [6.45, 7) is 4.16. The average Bonchev–Trinajstić information content (AvgIpc) is 3.25. The van der Waals surface area contributed by atoms with Crippen LogP contribution in [0, 0.1) is 6.92 Å². The number of carbonyl (C=O) groups excluding carboxylic acids is 2. The molecule has 2 aromatic heterocycles. The van der Waals surface area contributed by atoms with Gasteiger partial charge in [-0.25, -0.2) is 14.8 Å². The van der Waals surface area contributed by atoms with E-state index in [2.05, 4.69) is 15.7 Å². The molecule has 1 aliphatic carbocycles. The van der Waals surface area contributed by atoms with Gasteiger partial charge in [0.25, 0.3) is 0 Å². The molecule has 0 spiro atoms. The van der Waals surface area contributed by atoms with Gasteiger partial charge in [-0.1, -0.05) is 17.8 Å². The Bertz CT molecular complexity index is 888. The van der Waals surface area contributed by atoms with Crippen LogP contribution in [0.2, 0.25) is 0 Å². The number of nitrogens with zero attached hydrogens (tertiary/aromatic N) is 3. The molecule has 2 aromatic rings. The number of amides is 3. The summed E-state index contributed by atoms with van der Waals surface area (Å²) in [5, 5.41) is 6.63. The van der Waals surface area contributed by atoms with Crippen molar-refractivity contribution < 1.29 is 9.59 Å². The van der Waals surface area contributed by atoms with Crippen LogP contribution >= 0.6 is 22.7 Å². The molecule has 0 unspecified atom stereocenters. The molecule has 3 amide bonds. The first kappa shape index (κ1) is 18.4. The normalized spacial score (nSPS) is 22.7. The summed E-state index contributed by atoms with van der Waals surface area (Å²) in [7, 11) is 0. The number of rotatable bonds is 4. The molecule has 7 nitrogen and oxygen atoms in total. The van der Waals surface area contributed by atoms with Gasteiger partial charge in [0, 0.05) is 17.8 Å². The first-order valence-electron chi connectivity index (χ1n) is 9.20. The first-order valence-corrected chi connectivity index (χ1v) is 10.9. The second-order valence-corrected chi connectivity index (χ2v) is 9.34. The van der Waals surface area contributed by atoms with Crippen molar-refractivity contribution in [2.45, 2.75) is 57.4 Å². The van der Waals surface area contributed by atoms with Gasteiger partial charge in [0.05, 0.1) is 21.3 Å². The fourth-order valence-corrected chi connectivity index (χ4v) is 5.60. The molecule has 1 saturated heterocycles. The highest BCUT2D eigenvalue weighted by Gasteiger charge is 2.44.